The largest absolute Gasteiger partial charge is 0.508 e. The molecule has 2 unspecified atom stereocenters. The number of benzene rings is 1. The van der Waals surface area contributed by atoms with E-state index >= 15 is 0 Å². The first-order valence-electron chi connectivity index (χ1n) is 9.61. The summed E-state index contributed by atoms with van der Waals surface area (Å²) in [6.45, 7) is 6.60. The second-order valence-electron chi connectivity index (χ2n) is 7.51. The summed E-state index contributed by atoms with van der Waals surface area (Å²) in [6, 6.07) is 6.31. The van der Waals surface area contributed by atoms with Crippen LogP contribution in [0.25, 0.3) is 0 Å². The standard InChI is InChI=1S/C20H29N3O3.ClH/c1-15(17-3-2-8-21-14-17)13-19(25)22-9-11-23(12-10-22)20(26)16-4-6-18(24)7-5-16;/h4-7,15,17,21,24H,2-3,8-14H2,1H3;1H. The monoisotopic (exact) mass is 395 g/mol. The Hall–Kier alpha value is -1.79. The van der Waals surface area contributed by atoms with Crippen molar-refractivity contribution in [3.63, 3.8) is 0 Å². The lowest BCUT2D eigenvalue weighted by molar-refractivity contribution is -0.134. The minimum Gasteiger partial charge on any atom is -0.508 e. The summed E-state index contributed by atoms with van der Waals surface area (Å²) in [7, 11) is 0. The molecule has 0 saturated carbocycles. The van der Waals surface area contributed by atoms with Gasteiger partial charge in [0.25, 0.3) is 5.91 Å². The highest BCUT2D eigenvalue weighted by Crippen LogP contribution is 2.23. The third kappa shape index (κ3) is 5.59. The fraction of sp³-hybridized carbons (Fsp3) is 0.600. The predicted octanol–water partition coefficient (Wildman–Crippen LogP) is 2.12. The van der Waals surface area contributed by atoms with Gasteiger partial charge in [0.15, 0.2) is 0 Å². The van der Waals surface area contributed by atoms with Crippen molar-refractivity contribution in [1.29, 1.82) is 0 Å². The van der Waals surface area contributed by atoms with E-state index < -0.39 is 0 Å². The molecular formula is C20H30ClN3O3. The van der Waals surface area contributed by atoms with Gasteiger partial charge in [0, 0.05) is 38.2 Å². The van der Waals surface area contributed by atoms with Gasteiger partial charge in [-0.15, -0.1) is 12.4 Å². The molecule has 0 aromatic heterocycles. The van der Waals surface area contributed by atoms with Gasteiger partial charge in [0.1, 0.15) is 5.75 Å². The minimum atomic E-state index is -0.0428. The highest BCUT2D eigenvalue weighted by molar-refractivity contribution is 5.94. The summed E-state index contributed by atoms with van der Waals surface area (Å²) in [5, 5.41) is 12.8. The zero-order valence-electron chi connectivity index (χ0n) is 15.9. The first kappa shape index (κ1) is 21.5. The lowest BCUT2D eigenvalue weighted by Gasteiger charge is -2.36. The number of aromatic hydroxyl groups is 1. The van der Waals surface area contributed by atoms with E-state index in [0.717, 1.165) is 13.1 Å². The van der Waals surface area contributed by atoms with Gasteiger partial charge < -0.3 is 20.2 Å². The van der Waals surface area contributed by atoms with Gasteiger partial charge in [-0.05, 0) is 62.0 Å². The van der Waals surface area contributed by atoms with Crippen LogP contribution in [0.15, 0.2) is 24.3 Å². The Morgan fingerprint density at radius 2 is 1.78 bits per heavy atom. The number of piperidine rings is 1. The maximum absolute atomic E-state index is 12.6. The van der Waals surface area contributed by atoms with Crippen molar-refractivity contribution in [3.05, 3.63) is 29.8 Å². The molecule has 0 spiro atoms. The number of amides is 2. The Kier molecular flexibility index (Phi) is 7.92. The highest BCUT2D eigenvalue weighted by Gasteiger charge is 2.28. The van der Waals surface area contributed by atoms with Crippen molar-refractivity contribution in [2.45, 2.75) is 26.2 Å². The third-order valence-electron chi connectivity index (χ3n) is 5.67. The lowest BCUT2D eigenvalue weighted by atomic mass is 9.85. The Balaban J connectivity index is 0.00000261. The van der Waals surface area contributed by atoms with Crippen molar-refractivity contribution in [1.82, 2.24) is 15.1 Å². The molecule has 150 valence electrons. The topological polar surface area (TPSA) is 72.9 Å². The molecule has 3 rings (SSSR count). The molecule has 2 atom stereocenters. The average Bonchev–Trinajstić information content (AvgIpc) is 2.69. The molecule has 0 aliphatic carbocycles. The molecule has 7 heteroatoms. The van der Waals surface area contributed by atoms with Crippen molar-refractivity contribution in [2.75, 3.05) is 39.3 Å². The van der Waals surface area contributed by atoms with Gasteiger partial charge in [0.05, 0.1) is 0 Å². The van der Waals surface area contributed by atoms with E-state index in [2.05, 4.69) is 12.2 Å². The number of piperazine rings is 1. The molecule has 6 nitrogen and oxygen atoms in total. The van der Waals surface area contributed by atoms with E-state index in [4.69, 9.17) is 0 Å². The van der Waals surface area contributed by atoms with Gasteiger partial charge in [-0.3, -0.25) is 9.59 Å². The van der Waals surface area contributed by atoms with Crippen molar-refractivity contribution in [2.24, 2.45) is 11.8 Å². The van der Waals surface area contributed by atoms with Crippen LogP contribution in [0, 0.1) is 11.8 Å². The molecule has 2 heterocycles. The molecule has 1 aromatic rings. The fourth-order valence-electron chi connectivity index (χ4n) is 3.88. The van der Waals surface area contributed by atoms with E-state index in [9.17, 15) is 14.7 Å². The Morgan fingerprint density at radius 3 is 2.37 bits per heavy atom. The van der Waals surface area contributed by atoms with E-state index in [1.165, 1.54) is 25.0 Å². The first-order chi connectivity index (χ1) is 12.5. The predicted molar refractivity (Wildman–Crippen MR) is 107 cm³/mol. The minimum absolute atomic E-state index is 0. The molecule has 0 bridgehead atoms. The number of nitrogens with one attached hydrogen (secondary N) is 1. The molecule has 2 fully saturated rings. The number of phenols is 1. The van der Waals surface area contributed by atoms with Crippen LogP contribution in [0.5, 0.6) is 5.75 Å². The smallest absolute Gasteiger partial charge is 0.253 e. The van der Waals surface area contributed by atoms with Crippen LogP contribution in [0.3, 0.4) is 0 Å². The third-order valence-corrected chi connectivity index (χ3v) is 5.67. The number of hydrogen-bond acceptors (Lipinski definition) is 4. The van der Waals surface area contributed by atoms with Gasteiger partial charge in [-0.1, -0.05) is 6.92 Å². The Morgan fingerprint density at radius 1 is 1.15 bits per heavy atom. The van der Waals surface area contributed by atoms with Crippen LogP contribution in [0.1, 0.15) is 36.5 Å². The summed E-state index contributed by atoms with van der Waals surface area (Å²) >= 11 is 0. The van der Waals surface area contributed by atoms with Gasteiger partial charge in [-0.25, -0.2) is 0 Å². The molecule has 2 amide bonds. The molecule has 2 aliphatic heterocycles. The fourth-order valence-corrected chi connectivity index (χ4v) is 3.88. The van der Waals surface area contributed by atoms with Gasteiger partial charge in [0.2, 0.25) is 5.91 Å². The summed E-state index contributed by atoms with van der Waals surface area (Å²) in [5.41, 5.74) is 0.570. The number of hydrogen-bond donors (Lipinski definition) is 2. The SMILES string of the molecule is CC(CC(=O)N1CCN(C(=O)c2ccc(O)cc2)CC1)C1CCCNC1.Cl. The van der Waals surface area contributed by atoms with Crippen LogP contribution in [-0.4, -0.2) is 66.0 Å². The lowest BCUT2D eigenvalue weighted by Crippen LogP contribution is -2.51. The van der Waals surface area contributed by atoms with Crippen molar-refractivity contribution < 1.29 is 14.7 Å². The molecular weight excluding hydrogens is 366 g/mol. The van der Waals surface area contributed by atoms with Crippen LogP contribution in [-0.2, 0) is 4.79 Å². The molecule has 1 aromatic carbocycles. The van der Waals surface area contributed by atoms with Crippen LogP contribution >= 0.6 is 12.4 Å². The number of carbonyl (C=O) groups is 2. The van der Waals surface area contributed by atoms with Crippen LogP contribution in [0.4, 0.5) is 0 Å². The average molecular weight is 396 g/mol. The summed E-state index contributed by atoms with van der Waals surface area (Å²) < 4.78 is 0. The molecule has 2 N–H and O–H groups in total. The summed E-state index contributed by atoms with van der Waals surface area (Å²) in [4.78, 5) is 28.8. The van der Waals surface area contributed by atoms with Crippen LogP contribution < -0.4 is 5.32 Å². The zero-order valence-corrected chi connectivity index (χ0v) is 16.7. The summed E-state index contributed by atoms with van der Waals surface area (Å²) in [6.07, 6.45) is 3.00. The van der Waals surface area contributed by atoms with E-state index in [-0.39, 0.29) is 30.0 Å². The maximum Gasteiger partial charge on any atom is 0.253 e. The summed E-state index contributed by atoms with van der Waals surface area (Å²) in [5.74, 6) is 1.30. The Labute approximate surface area is 167 Å². The first-order valence-corrected chi connectivity index (χ1v) is 9.61. The maximum atomic E-state index is 12.6. The normalized spacial score (nSPS) is 21.3. The molecule has 27 heavy (non-hydrogen) atoms. The highest BCUT2D eigenvalue weighted by atomic mass is 35.5. The number of phenolic OH excluding ortho intramolecular Hbond substituents is 1. The van der Waals surface area contributed by atoms with Crippen molar-refractivity contribution in [3.8, 4) is 5.75 Å². The Bertz CT molecular complexity index is 624. The second kappa shape index (κ2) is 9.95. The van der Waals surface area contributed by atoms with Crippen molar-refractivity contribution >= 4 is 24.2 Å². The van der Waals surface area contributed by atoms with Gasteiger partial charge >= 0.3 is 0 Å². The number of nitrogens with zero attached hydrogens (tertiary/aromatic N) is 2. The molecule has 2 aliphatic rings. The van der Waals surface area contributed by atoms with E-state index in [1.54, 1.807) is 17.0 Å². The quantitative estimate of drug-likeness (QED) is 0.819. The molecule has 2 saturated heterocycles. The second-order valence-corrected chi connectivity index (χ2v) is 7.51. The van der Waals surface area contributed by atoms with Crippen LogP contribution in [0.2, 0.25) is 0 Å². The number of carbonyl (C=O) groups excluding carboxylic acids is 2. The zero-order chi connectivity index (χ0) is 18.5. The van der Waals surface area contributed by atoms with E-state index in [1.807, 2.05) is 4.90 Å². The number of rotatable bonds is 4. The molecule has 0 radical (unpaired) electrons. The number of halogens is 1. The van der Waals surface area contributed by atoms with Gasteiger partial charge in [-0.2, -0.15) is 0 Å². The van der Waals surface area contributed by atoms with E-state index in [0.29, 0.717) is 50.0 Å².